The third-order valence-electron chi connectivity index (χ3n) is 8.11. The number of hydrogen-bond donors (Lipinski definition) is 3. The smallest absolute Gasteiger partial charge is 0.255 e. The van der Waals surface area contributed by atoms with Gasteiger partial charge in [-0.05, 0) is 113 Å². The summed E-state index contributed by atoms with van der Waals surface area (Å²) in [7, 11) is 0. The van der Waals surface area contributed by atoms with Crippen molar-refractivity contribution < 1.29 is 4.79 Å². The summed E-state index contributed by atoms with van der Waals surface area (Å²) in [6.45, 7) is 9.03. The summed E-state index contributed by atoms with van der Waals surface area (Å²) in [4.78, 5) is 15.1. The van der Waals surface area contributed by atoms with Crippen LogP contribution in [0.2, 0.25) is 0 Å². The van der Waals surface area contributed by atoms with Crippen molar-refractivity contribution in [2.24, 2.45) is 5.92 Å². The van der Waals surface area contributed by atoms with Crippen molar-refractivity contribution >= 4 is 17.3 Å². The summed E-state index contributed by atoms with van der Waals surface area (Å²) in [6.07, 6.45) is 10.3. The quantitative estimate of drug-likeness (QED) is 0.310. The van der Waals surface area contributed by atoms with Gasteiger partial charge in [0, 0.05) is 29.8 Å². The Morgan fingerprint density at radius 3 is 2.58 bits per heavy atom. The molecule has 0 unspecified atom stereocenters. The first-order chi connectivity index (χ1) is 18.5. The molecule has 1 amide bonds. The van der Waals surface area contributed by atoms with Gasteiger partial charge in [-0.25, -0.2) is 0 Å². The van der Waals surface area contributed by atoms with E-state index in [1.165, 1.54) is 43.5 Å². The molecule has 2 fully saturated rings. The maximum absolute atomic E-state index is 12.5. The first-order valence-corrected chi connectivity index (χ1v) is 14.2. The first kappa shape index (κ1) is 26.4. The van der Waals surface area contributed by atoms with Crippen molar-refractivity contribution in [1.82, 2.24) is 20.0 Å². The van der Waals surface area contributed by atoms with E-state index in [1.807, 2.05) is 30.3 Å². The fourth-order valence-corrected chi connectivity index (χ4v) is 5.48. The van der Waals surface area contributed by atoms with E-state index in [0.29, 0.717) is 34.9 Å². The lowest BCUT2D eigenvalue weighted by atomic mass is 9.96. The second-order valence-corrected chi connectivity index (χ2v) is 11.3. The van der Waals surface area contributed by atoms with E-state index in [-0.39, 0.29) is 5.91 Å². The average Bonchev–Trinajstić information content (AvgIpc) is 3.53. The van der Waals surface area contributed by atoms with E-state index in [0.717, 1.165) is 31.8 Å². The summed E-state index contributed by atoms with van der Waals surface area (Å²) < 4.78 is 2.07. The summed E-state index contributed by atoms with van der Waals surface area (Å²) >= 11 is 0. The Morgan fingerprint density at radius 1 is 1.11 bits per heavy atom. The van der Waals surface area contributed by atoms with Crippen LogP contribution in [0.5, 0.6) is 0 Å². The van der Waals surface area contributed by atoms with Crippen LogP contribution in [0.3, 0.4) is 0 Å². The molecule has 38 heavy (non-hydrogen) atoms. The molecule has 0 radical (unpaired) electrons. The molecule has 0 bridgehead atoms. The molecule has 7 heteroatoms. The highest BCUT2D eigenvalue weighted by atomic mass is 16.1. The number of para-hydroxylation sites is 2. The fraction of sp³-hybridized carbons (Fsp3) is 0.484. The monoisotopic (exact) mass is 514 g/mol. The number of nitrogens with zero attached hydrogens (tertiary/aromatic N) is 3. The van der Waals surface area contributed by atoms with Crippen LogP contribution in [0.15, 0.2) is 60.9 Å². The van der Waals surface area contributed by atoms with Crippen LogP contribution < -0.4 is 16.4 Å². The molecule has 2 heterocycles. The van der Waals surface area contributed by atoms with Gasteiger partial charge in [-0.15, -0.1) is 0 Å². The van der Waals surface area contributed by atoms with Gasteiger partial charge in [0.2, 0.25) is 0 Å². The van der Waals surface area contributed by atoms with Crippen molar-refractivity contribution in [3.8, 4) is 0 Å². The topological polar surface area (TPSA) is 88.2 Å². The molecule has 2 aromatic carbocycles. The Hall–Kier alpha value is -3.16. The zero-order valence-corrected chi connectivity index (χ0v) is 22.8. The molecule has 7 nitrogen and oxygen atoms in total. The molecule has 1 aliphatic carbocycles. The number of rotatable bonds is 11. The van der Waals surface area contributed by atoms with Crippen molar-refractivity contribution in [3.63, 3.8) is 0 Å². The number of piperidine rings is 1. The van der Waals surface area contributed by atoms with Gasteiger partial charge >= 0.3 is 0 Å². The van der Waals surface area contributed by atoms with Crippen LogP contribution in [0.4, 0.5) is 11.4 Å². The number of benzene rings is 2. The summed E-state index contributed by atoms with van der Waals surface area (Å²) in [5, 5.41) is 11.2. The van der Waals surface area contributed by atoms with Crippen molar-refractivity contribution in [3.05, 3.63) is 77.6 Å². The van der Waals surface area contributed by atoms with Crippen LogP contribution in [-0.2, 0) is 6.42 Å². The lowest BCUT2D eigenvalue weighted by Gasteiger charge is -2.32. The number of anilines is 2. The maximum Gasteiger partial charge on any atom is 0.255 e. The number of amides is 1. The SMILES string of the molecule is CC(C)n1cc([C@@H]2C[C@H]2NCC2CCN(CCCc3ccc(C(=O)Nc4ccccc4N)cc3)CC2)cn1. The van der Waals surface area contributed by atoms with Gasteiger partial charge in [0.15, 0.2) is 0 Å². The number of carbonyl (C=O) groups is 1. The van der Waals surface area contributed by atoms with E-state index < -0.39 is 0 Å². The Kier molecular flexibility index (Phi) is 8.45. The number of nitrogens with two attached hydrogens (primary N) is 1. The van der Waals surface area contributed by atoms with Gasteiger partial charge in [0.25, 0.3) is 5.91 Å². The standard InChI is InChI=1S/C31H42N6O/c1-22(2)37-21-26(20-34-37)27-18-30(27)33-19-24-13-16-36(17-14-24)15-5-6-23-9-11-25(12-10-23)31(38)35-29-8-4-3-7-28(29)32/h3-4,7-12,20-22,24,27,30,33H,5-6,13-19,32H2,1-2H3,(H,35,38)/t27-,30+/m0/s1. The van der Waals surface area contributed by atoms with Crippen LogP contribution in [0.25, 0.3) is 0 Å². The molecular weight excluding hydrogens is 472 g/mol. The minimum Gasteiger partial charge on any atom is -0.397 e. The Morgan fingerprint density at radius 2 is 1.87 bits per heavy atom. The molecule has 1 saturated carbocycles. The summed E-state index contributed by atoms with van der Waals surface area (Å²) in [6, 6.07) is 16.3. The van der Waals surface area contributed by atoms with Crippen LogP contribution >= 0.6 is 0 Å². The average molecular weight is 515 g/mol. The third-order valence-corrected chi connectivity index (χ3v) is 8.11. The number of likely N-dealkylation sites (tertiary alicyclic amines) is 1. The van der Waals surface area contributed by atoms with Crippen molar-refractivity contribution in [2.75, 3.05) is 37.2 Å². The molecular formula is C31H42N6O. The van der Waals surface area contributed by atoms with Crippen LogP contribution in [0.1, 0.15) is 73.0 Å². The third kappa shape index (κ3) is 6.83. The molecule has 4 N–H and O–H groups in total. The fourth-order valence-electron chi connectivity index (χ4n) is 5.48. The highest BCUT2D eigenvalue weighted by Crippen LogP contribution is 2.41. The van der Waals surface area contributed by atoms with E-state index in [2.05, 4.69) is 63.7 Å². The highest BCUT2D eigenvalue weighted by molar-refractivity contribution is 6.05. The predicted molar refractivity (Wildman–Crippen MR) is 154 cm³/mol. The number of carbonyl (C=O) groups excluding carboxylic acids is 1. The second kappa shape index (κ2) is 12.1. The van der Waals surface area contributed by atoms with E-state index in [1.54, 1.807) is 6.07 Å². The van der Waals surface area contributed by atoms with E-state index >= 15 is 0 Å². The highest BCUT2D eigenvalue weighted by Gasteiger charge is 2.39. The summed E-state index contributed by atoms with van der Waals surface area (Å²) in [5.41, 5.74) is 10.5. The Balaban J connectivity index is 0.964. The molecule has 1 aromatic heterocycles. The number of nitrogen functional groups attached to an aromatic ring is 1. The zero-order chi connectivity index (χ0) is 26.5. The molecule has 0 spiro atoms. The van der Waals surface area contributed by atoms with Gasteiger partial charge in [-0.1, -0.05) is 24.3 Å². The van der Waals surface area contributed by atoms with Gasteiger partial charge in [0.1, 0.15) is 0 Å². The lowest BCUT2D eigenvalue weighted by Crippen LogP contribution is -2.38. The Labute approximate surface area is 226 Å². The van der Waals surface area contributed by atoms with E-state index in [4.69, 9.17) is 5.73 Å². The molecule has 2 atom stereocenters. The van der Waals surface area contributed by atoms with Gasteiger partial charge in [0.05, 0.1) is 17.6 Å². The molecule has 202 valence electrons. The number of aromatic nitrogens is 2. The van der Waals surface area contributed by atoms with Gasteiger partial charge < -0.3 is 21.3 Å². The second-order valence-electron chi connectivity index (χ2n) is 11.3. The minimum absolute atomic E-state index is 0.133. The molecule has 3 aromatic rings. The number of nitrogens with one attached hydrogen (secondary N) is 2. The minimum atomic E-state index is -0.133. The largest absolute Gasteiger partial charge is 0.397 e. The molecule has 1 saturated heterocycles. The van der Waals surface area contributed by atoms with Gasteiger partial charge in [-0.3, -0.25) is 9.48 Å². The normalized spacial score (nSPS) is 20.1. The molecule has 2 aliphatic rings. The molecule has 1 aliphatic heterocycles. The maximum atomic E-state index is 12.5. The zero-order valence-electron chi connectivity index (χ0n) is 22.8. The van der Waals surface area contributed by atoms with Crippen LogP contribution in [0, 0.1) is 5.92 Å². The lowest BCUT2D eigenvalue weighted by molar-refractivity contribution is 0.102. The van der Waals surface area contributed by atoms with Crippen molar-refractivity contribution in [1.29, 1.82) is 0 Å². The van der Waals surface area contributed by atoms with Gasteiger partial charge in [-0.2, -0.15) is 5.10 Å². The van der Waals surface area contributed by atoms with E-state index in [9.17, 15) is 4.79 Å². The number of aryl methyl sites for hydroxylation is 1. The molecule has 5 rings (SSSR count). The van der Waals surface area contributed by atoms with Crippen molar-refractivity contribution in [2.45, 2.75) is 64.0 Å². The first-order valence-electron chi connectivity index (χ1n) is 14.2. The number of hydrogen-bond acceptors (Lipinski definition) is 5. The van der Waals surface area contributed by atoms with Crippen LogP contribution in [-0.4, -0.2) is 52.8 Å². The predicted octanol–water partition coefficient (Wildman–Crippen LogP) is 5.09. The Bertz CT molecular complexity index is 1200. The summed E-state index contributed by atoms with van der Waals surface area (Å²) in [5.74, 6) is 1.30.